The fraction of sp³-hybridized carbons (Fsp3) is 0.400. The summed E-state index contributed by atoms with van der Waals surface area (Å²) in [6, 6.07) is 13.4. The number of benzene rings is 2. The second-order valence-electron chi connectivity index (χ2n) is 9.25. The molecule has 2 heterocycles. The molecular formula is C25H27ClN4O5S. The number of morpholine rings is 1. The van der Waals surface area contributed by atoms with Crippen LogP contribution in [0.25, 0.3) is 11.5 Å². The smallest absolute Gasteiger partial charge is 0.254 e. The minimum Gasteiger partial charge on any atom is -0.419 e. The molecule has 9 nitrogen and oxygen atoms in total. The van der Waals surface area contributed by atoms with E-state index in [2.05, 4.69) is 10.2 Å². The Kier molecular flexibility index (Phi) is 6.86. The molecule has 0 spiro atoms. The van der Waals surface area contributed by atoms with Crippen LogP contribution in [0.15, 0.2) is 57.8 Å². The Hall–Kier alpha value is -2.79. The van der Waals surface area contributed by atoms with Gasteiger partial charge in [0.2, 0.25) is 21.8 Å². The van der Waals surface area contributed by atoms with Gasteiger partial charge in [0, 0.05) is 24.7 Å². The molecule has 1 saturated carbocycles. The van der Waals surface area contributed by atoms with E-state index in [1.807, 2.05) is 26.0 Å². The summed E-state index contributed by atoms with van der Waals surface area (Å²) in [5.74, 6) is 0.279. The molecule has 1 aliphatic carbocycles. The number of carbonyl (C=O) groups excluding carboxylic acids is 1. The van der Waals surface area contributed by atoms with E-state index in [-0.39, 0.29) is 60.5 Å². The van der Waals surface area contributed by atoms with Gasteiger partial charge in [-0.25, -0.2) is 8.42 Å². The molecule has 1 aliphatic heterocycles. The van der Waals surface area contributed by atoms with Gasteiger partial charge in [0.05, 0.1) is 34.2 Å². The van der Waals surface area contributed by atoms with Gasteiger partial charge >= 0.3 is 0 Å². The Labute approximate surface area is 215 Å². The van der Waals surface area contributed by atoms with Crippen LogP contribution in [0.1, 0.15) is 42.9 Å². The molecule has 2 atom stereocenters. The van der Waals surface area contributed by atoms with Crippen molar-refractivity contribution in [2.75, 3.05) is 13.1 Å². The minimum absolute atomic E-state index is 0.0365. The van der Waals surface area contributed by atoms with Crippen LogP contribution in [-0.4, -0.2) is 65.1 Å². The molecule has 3 aromatic rings. The van der Waals surface area contributed by atoms with Crippen molar-refractivity contribution in [2.24, 2.45) is 0 Å². The second-order valence-corrected chi connectivity index (χ2v) is 11.6. The summed E-state index contributed by atoms with van der Waals surface area (Å²) in [7, 11) is -3.78. The molecule has 1 amide bonds. The number of amides is 1. The first-order valence-corrected chi connectivity index (χ1v) is 13.7. The summed E-state index contributed by atoms with van der Waals surface area (Å²) in [5.41, 5.74) is 0.912. The van der Waals surface area contributed by atoms with Crippen molar-refractivity contribution in [3.05, 3.63) is 65.0 Å². The SMILES string of the molecule is C[C@@H]1CN(S(=O)(=O)c2cccc(C(=O)N(Cc3nnc(-c4ccccc4Cl)o3)C3CC3)c2)C[C@@H](C)O1. The van der Waals surface area contributed by atoms with E-state index in [1.54, 1.807) is 29.2 Å². The lowest BCUT2D eigenvalue weighted by Gasteiger charge is -2.34. The molecular weight excluding hydrogens is 504 g/mol. The minimum atomic E-state index is -3.78. The van der Waals surface area contributed by atoms with Gasteiger partial charge in [0.15, 0.2) is 0 Å². The summed E-state index contributed by atoms with van der Waals surface area (Å²) in [6.07, 6.45) is 1.31. The molecule has 0 radical (unpaired) electrons. The van der Waals surface area contributed by atoms with Gasteiger partial charge in [-0.1, -0.05) is 29.8 Å². The fourth-order valence-corrected chi connectivity index (χ4v) is 6.24. The Balaban J connectivity index is 1.37. The average Bonchev–Trinajstić information content (AvgIpc) is 3.59. The van der Waals surface area contributed by atoms with Gasteiger partial charge in [0.1, 0.15) is 0 Å². The van der Waals surface area contributed by atoms with Crippen LogP contribution in [0.4, 0.5) is 0 Å². The van der Waals surface area contributed by atoms with Crippen LogP contribution in [0, 0.1) is 0 Å². The van der Waals surface area contributed by atoms with Gasteiger partial charge in [0.25, 0.3) is 5.91 Å². The first-order valence-electron chi connectivity index (χ1n) is 11.9. The van der Waals surface area contributed by atoms with E-state index in [0.29, 0.717) is 16.1 Å². The molecule has 1 aromatic heterocycles. The lowest BCUT2D eigenvalue weighted by Crippen LogP contribution is -2.48. The lowest BCUT2D eigenvalue weighted by molar-refractivity contribution is -0.0440. The molecule has 0 unspecified atom stereocenters. The van der Waals surface area contributed by atoms with E-state index in [4.69, 9.17) is 20.8 Å². The number of sulfonamides is 1. The molecule has 11 heteroatoms. The topological polar surface area (TPSA) is 106 Å². The summed E-state index contributed by atoms with van der Waals surface area (Å²) < 4.78 is 39.6. The highest BCUT2D eigenvalue weighted by Gasteiger charge is 2.36. The third kappa shape index (κ3) is 5.17. The number of ether oxygens (including phenoxy) is 1. The van der Waals surface area contributed by atoms with Crippen LogP contribution in [-0.2, 0) is 21.3 Å². The van der Waals surface area contributed by atoms with Crippen molar-refractivity contribution in [3.63, 3.8) is 0 Å². The second kappa shape index (κ2) is 9.93. The average molecular weight is 531 g/mol. The molecule has 2 aromatic carbocycles. The van der Waals surface area contributed by atoms with Crippen LogP contribution in [0.3, 0.4) is 0 Å². The number of hydrogen-bond acceptors (Lipinski definition) is 7. The van der Waals surface area contributed by atoms with Crippen molar-refractivity contribution in [1.29, 1.82) is 0 Å². The summed E-state index contributed by atoms with van der Waals surface area (Å²) in [6.45, 7) is 4.35. The highest BCUT2D eigenvalue weighted by Crippen LogP contribution is 2.32. The normalized spacial score (nSPS) is 20.9. The summed E-state index contributed by atoms with van der Waals surface area (Å²) >= 11 is 6.24. The van der Waals surface area contributed by atoms with Crippen molar-refractivity contribution in [3.8, 4) is 11.5 Å². The molecule has 0 N–H and O–H groups in total. The van der Waals surface area contributed by atoms with Crippen LogP contribution >= 0.6 is 11.6 Å². The van der Waals surface area contributed by atoms with Gasteiger partial charge in [-0.15, -0.1) is 10.2 Å². The van der Waals surface area contributed by atoms with Crippen LogP contribution in [0.2, 0.25) is 5.02 Å². The van der Waals surface area contributed by atoms with Crippen LogP contribution < -0.4 is 0 Å². The van der Waals surface area contributed by atoms with E-state index < -0.39 is 10.0 Å². The Morgan fingerprint density at radius 3 is 2.50 bits per heavy atom. The monoisotopic (exact) mass is 530 g/mol. The zero-order valence-electron chi connectivity index (χ0n) is 20.0. The molecule has 2 fully saturated rings. The van der Waals surface area contributed by atoms with Crippen molar-refractivity contribution in [2.45, 2.75) is 56.4 Å². The van der Waals surface area contributed by atoms with E-state index in [0.717, 1.165) is 12.8 Å². The standard InChI is InChI=1S/C25H27ClN4O5S/c1-16-13-29(14-17(2)34-16)36(32,33)20-7-5-6-18(12-20)25(31)30(19-10-11-19)15-23-27-28-24(35-23)21-8-3-4-9-22(21)26/h3-9,12,16-17,19H,10-11,13-15H2,1-2H3/t16-,17-/m1/s1. The van der Waals surface area contributed by atoms with Gasteiger partial charge < -0.3 is 14.1 Å². The Morgan fingerprint density at radius 2 is 1.81 bits per heavy atom. The quantitative estimate of drug-likeness (QED) is 0.454. The first kappa shape index (κ1) is 24.9. The lowest BCUT2D eigenvalue weighted by atomic mass is 10.2. The summed E-state index contributed by atoms with van der Waals surface area (Å²) in [4.78, 5) is 15.3. The molecule has 5 rings (SSSR count). The predicted molar refractivity (Wildman–Crippen MR) is 133 cm³/mol. The van der Waals surface area contributed by atoms with Gasteiger partial charge in [-0.05, 0) is 57.0 Å². The maximum Gasteiger partial charge on any atom is 0.254 e. The zero-order valence-corrected chi connectivity index (χ0v) is 21.6. The zero-order chi connectivity index (χ0) is 25.4. The number of aromatic nitrogens is 2. The van der Waals surface area contributed by atoms with Crippen molar-refractivity contribution < 1.29 is 22.4 Å². The Bertz CT molecular complexity index is 1360. The number of rotatable bonds is 7. The molecule has 190 valence electrons. The van der Waals surface area contributed by atoms with E-state index >= 15 is 0 Å². The van der Waals surface area contributed by atoms with Crippen molar-refractivity contribution >= 4 is 27.5 Å². The van der Waals surface area contributed by atoms with Gasteiger partial charge in [-0.3, -0.25) is 4.79 Å². The third-order valence-corrected chi connectivity index (χ3v) is 8.39. The highest BCUT2D eigenvalue weighted by molar-refractivity contribution is 7.89. The number of hydrogen-bond donors (Lipinski definition) is 0. The van der Waals surface area contributed by atoms with E-state index in [9.17, 15) is 13.2 Å². The number of halogens is 1. The number of nitrogens with zero attached hydrogens (tertiary/aromatic N) is 4. The largest absolute Gasteiger partial charge is 0.419 e. The Morgan fingerprint density at radius 1 is 1.08 bits per heavy atom. The number of carbonyl (C=O) groups is 1. The van der Waals surface area contributed by atoms with E-state index in [1.165, 1.54) is 16.4 Å². The highest BCUT2D eigenvalue weighted by atomic mass is 35.5. The van der Waals surface area contributed by atoms with Gasteiger partial charge in [-0.2, -0.15) is 4.31 Å². The molecule has 1 saturated heterocycles. The first-order chi connectivity index (χ1) is 17.2. The maximum absolute atomic E-state index is 13.5. The third-order valence-electron chi connectivity index (χ3n) is 6.23. The fourth-order valence-electron chi connectivity index (χ4n) is 4.39. The molecule has 36 heavy (non-hydrogen) atoms. The summed E-state index contributed by atoms with van der Waals surface area (Å²) in [5, 5.41) is 8.69. The van der Waals surface area contributed by atoms with Crippen molar-refractivity contribution in [1.82, 2.24) is 19.4 Å². The van der Waals surface area contributed by atoms with Crippen LogP contribution in [0.5, 0.6) is 0 Å². The molecule has 2 aliphatic rings. The predicted octanol–water partition coefficient (Wildman–Crippen LogP) is 3.99. The molecule has 0 bridgehead atoms. The maximum atomic E-state index is 13.5.